The van der Waals surface area contributed by atoms with Gasteiger partial charge in [-0.15, -0.1) is 0 Å². The standard InChI is InChI=1S/C12H12N4O3/c1-8-7-9(16(17)18)3-4-10(8)19-11-5-6-14-12(13-2)15-11/h3-7H,1-2H3,(H,13,14,15). The third-order valence-corrected chi connectivity index (χ3v) is 2.44. The van der Waals surface area contributed by atoms with Crippen LogP contribution in [0.4, 0.5) is 11.6 Å². The highest BCUT2D eigenvalue weighted by molar-refractivity contribution is 5.44. The van der Waals surface area contributed by atoms with Crippen molar-refractivity contribution in [2.75, 3.05) is 12.4 Å². The van der Waals surface area contributed by atoms with Crippen molar-refractivity contribution in [2.24, 2.45) is 0 Å². The fourth-order valence-corrected chi connectivity index (χ4v) is 1.49. The predicted octanol–water partition coefficient (Wildman–Crippen LogP) is 2.53. The first kappa shape index (κ1) is 12.7. The summed E-state index contributed by atoms with van der Waals surface area (Å²) in [7, 11) is 1.70. The number of anilines is 1. The maximum absolute atomic E-state index is 10.6. The zero-order valence-electron chi connectivity index (χ0n) is 10.5. The molecule has 1 aromatic carbocycles. The summed E-state index contributed by atoms with van der Waals surface area (Å²) in [5, 5.41) is 13.4. The Kier molecular flexibility index (Phi) is 3.56. The molecule has 0 saturated carbocycles. The lowest BCUT2D eigenvalue weighted by atomic mass is 10.2. The van der Waals surface area contributed by atoms with E-state index >= 15 is 0 Å². The number of hydrogen-bond donors (Lipinski definition) is 1. The van der Waals surface area contributed by atoms with E-state index < -0.39 is 4.92 Å². The zero-order chi connectivity index (χ0) is 13.8. The fraction of sp³-hybridized carbons (Fsp3) is 0.167. The Hall–Kier alpha value is -2.70. The van der Waals surface area contributed by atoms with E-state index in [0.717, 1.165) is 0 Å². The second kappa shape index (κ2) is 5.30. The van der Waals surface area contributed by atoms with Gasteiger partial charge >= 0.3 is 0 Å². The van der Waals surface area contributed by atoms with Crippen LogP contribution in [0.3, 0.4) is 0 Å². The minimum Gasteiger partial charge on any atom is -0.439 e. The van der Waals surface area contributed by atoms with Gasteiger partial charge in [0.25, 0.3) is 5.69 Å². The molecule has 1 heterocycles. The van der Waals surface area contributed by atoms with Crippen molar-refractivity contribution in [3.05, 3.63) is 46.1 Å². The topological polar surface area (TPSA) is 90.2 Å². The molecule has 0 aliphatic rings. The molecule has 7 nitrogen and oxygen atoms in total. The van der Waals surface area contributed by atoms with Gasteiger partial charge in [-0.2, -0.15) is 4.98 Å². The lowest BCUT2D eigenvalue weighted by Crippen LogP contribution is -1.98. The van der Waals surface area contributed by atoms with Crippen molar-refractivity contribution < 1.29 is 9.66 Å². The quantitative estimate of drug-likeness (QED) is 0.671. The van der Waals surface area contributed by atoms with E-state index in [1.807, 2.05) is 0 Å². The molecule has 0 radical (unpaired) electrons. The number of nitrogens with one attached hydrogen (secondary N) is 1. The van der Waals surface area contributed by atoms with E-state index in [2.05, 4.69) is 15.3 Å². The number of benzene rings is 1. The molecular formula is C12H12N4O3. The number of nitro benzene ring substituents is 1. The maximum atomic E-state index is 10.6. The van der Waals surface area contributed by atoms with E-state index in [-0.39, 0.29) is 5.69 Å². The molecule has 1 N–H and O–H groups in total. The SMILES string of the molecule is CNc1nccc(Oc2ccc([N+](=O)[O-])cc2C)n1. The molecule has 19 heavy (non-hydrogen) atoms. The third-order valence-electron chi connectivity index (χ3n) is 2.44. The van der Waals surface area contributed by atoms with E-state index in [1.54, 1.807) is 32.3 Å². The average molecular weight is 260 g/mol. The highest BCUT2D eigenvalue weighted by Gasteiger charge is 2.10. The van der Waals surface area contributed by atoms with Crippen molar-refractivity contribution >= 4 is 11.6 Å². The summed E-state index contributed by atoms with van der Waals surface area (Å²) in [5.41, 5.74) is 0.697. The van der Waals surface area contributed by atoms with Gasteiger partial charge in [0.05, 0.1) is 4.92 Å². The van der Waals surface area contributed by atoms with E-state index in [0.29, 0.717) is 23.1 Å². The Balaban J connectivity index is 2.25. The van der Waals surface area contributed by atoms with Crippen LogP contribution in [0.2, 0.25) is 0 Å². The van der Waals surface area contributed by atoms with Crippen LogP contribution in [-0.4, -0.2) is 21.9 Å². The second-order valence-corrected chi connectivity index (χ2v) is 3.78. The molecule has 7 heteroatoms. The number of rotatable bonds is 4. The number of ether oxygens (including phenoxy) is 1. The first-order valence-electron chi connectivity index (χ1n) is 5.54. The predicted molar refractivity (Wildman–Crippen MR) is 69.5 cm³/mol. The molecule has 2 rings (SSSR count). The summed E-state index contributed by atoms with van der Waals surface area (Å²) in [5.74, 6) is 1.33. The van der Waals surface area contributed by atoms with Gasteiger partial charge in [-0.3, -0.25) is 10.1 Å². The Morgan fingerprint density at radius 3 is 2.79 bits per heavy atom. The minimum atomic E-state index is -0.444. The summed E-state index contributed by atoms with van der Waals surface area (Å²) < 4.78 is 5.57. The van der Waals surface area contributed by atoms with E-state index in [1.165, 1.54) is 12.1 Å². The number of aromatic nitrogens is 2. The molecule has 2 aromatic rings. The van der Waals surface area contributed by atoms with Crippen molar-refractivity contribution in [2.45, 2.75) is 6.92 Å². The molecule has 1 aromatic heterocycles. The van der Waals surface area contributed by atoms with E-state index in [9.17, 15) is 10.1 Å². The van der Waals surface area contributed by atoms with Gasteiger partial charge in [0.2, 0.25) is 11.8 Å². The third kappa shape index (κ3) is 2.95. The Labute approximate surface area is 109 Å². The van der Waals surface area contributed by atoms with Crippen LogP contribution in [0, 0.1) is 17.0 Å². The van der Waals surface area contributed by atoms with Crippen molar-refractivity contribution in [3.8, 4) is 11.6 Å². The number of non-ortho nitro benzene ring substituents is 1. The molecule has 98 valence electrons. The van der Waals surface area contributed by atoms with Crippen molar-refractivity contribution in [1.29, 1.82) is 0 Å². The summed E-state index contributed by atoms with van der Waals surface area (Å²) in [6.45, 7) is 1.74. The van der Waals surface area contributed by atoms with Gasteiger partial charge in [0, 0.05) is 31.4 Å². The van der Waals surface area contributed by atoms with Gasteiger partial charge < -0.3 is 10.1 Å². The maximum Gasteiger partial charge on any atom is 0.269 e. The summed E-state index contributed by atoms with van der Waals surface area (Å²) in [6, 6.07) is 6.01. The van der Waals surface area contributed by atoms with Crippen LogP contribution >= 0.6 is 0 Å². The zero-order valence-corrected chi connectivity index (χ0v) is 10.5. The molecule has 0 aliphatic heterocycles. The Morgan fingerprint density at radius 1 is 1.37 bits per heavy atom. The van der Waals surface area contributed by atoms with Crippen LogP contribution in [0.1, 0.15) is 5.56 Å². The van der Waals surface area contributed by atoms with Crippen LogP contribution in [0.15, 0.2) is 30.5 Å². The van der Waals surface area contributed by atoms with Gasteiger partial charge in [0.15, 0.2) is 0 Å². The average Bonchev–Trinajstić information content (AvgIpc) is 2.41. The summed E-state index contributed by atoms with van der Waals surface area (Å²) in [6.07, 6.45) is 1.56. The van der Waals surface area contributed by atoms with Gasteiger partial charge in [-0.25, -0.2) is 4.98 Å². The number of hydrogen-bond acceptors (Lipinski definition) is 6. The summed E-state index contributed by atoms with van der Waals surface area (Å²) >= 11 is 0. The van der Waals surface area contributed by atoms with Crippen LogP contribution in [0.5, 0.6) is 11.6 Å². The molecule has 0 aliphatic carbocycles. The number of nitro groups is 1. The molecule has 0 amide bonds. The minimum absolute atomic E-state index is 0.0310. The molecule has 0 saturated heterocycles. The Bertz CT molecular complexity index is 616. The molecule has 0 fully saturated rings. The lowest BCUT2D eigenvalue weighted by molar-refractivity contribution is -0.384. The largest absolute Gasteiger partial charge is 0.439 e. The van der Waals surface area contributed by atoms with Crippen LogP contribution in [-0.2, 0) is 0 Å². The smallest absolute Gasteiger partial charge is 0.269 e. The van der Waals surface area contributed by atoms with Gasteiger partial charge in [-0.1, -0.05) is 0 Å². The molecule has 0 unspecified atom stereocenters. The summed E-state index contributed by atoms with van der Waals surface area (Å²) in [4.78, 5) is 18.3. The molecule has 0 atom stereocenters. The highest BCUT2D eigenvalue weighted by Crippen LogP contribution is 2.27. The fourth-order valence-electron chi connectivity index (χ4n) is 1.49. The monoisotopic (exact) mass is 260 g/mol. The van der Waals surface area contributed by atoms with Crippen molar-refractivity contribution in [3.63, 3.8) is 0 Å². The lowest BCUT2D eigenvalue weighted by Gasteiger charge is -2.08. The van der Waals surface area contributed by atoms with Crippen LogP contribution < -0.4 is 10.1 Å². The first-order valence-corrected chi connectivity index (χ1v) is 5.54. The normalized spacial score (nSPS) is 10.0. The Morgan fingerprint density at radius 2 is 2.16 bits per heavy atom. The highest BCUT2D eigenvalue weighted by atomic mass is 16.6. The van der Waals surface area contributed by atoms with Crippen molar-refractivity contribution in [1.82, 2.24) is 9.97 Å². The van der Waals surface area contributed by atoms with Gasteiger partial charge in [-0.05, 0) is 18.6 Å². The first-order chi connectivity index (χ1) is 9.10. The number of nitrogens with zero attached hydrogens (tertiary/aromatic N) is 3. The molecule has 0 spiro atoms. The van der Waals surface area contributed by atoms with Crippen LogP contribution in [0.25, 0.3) is 0 Å². The molecule has 0 bridgehead atoms. The second-order valence-electron chi connectivity index (χ2n) is 3.78. The molecular weight excluding hydrogens is 248 g/mol. The number of aryl methyl sites for hydroxylation is 1. The van der Waals surface area contributed by atoms with Gasteiger partial charge in [0.1, 0.15) is 5.75 Å². The van der Waals surface area contributed by atoms with E-state index in [4.69, 9.17) is 4.74 Å².